The molecule has 1 N–H and O–H groups in total. The molecular formula is C15H18N4OS. The van der Waals surface area contributed by atoms with Crippen LogP contribution in [0.15, 0.2) is 6.07 Å². The number of hydrogen-bond acceptors (Lipinski definition) is 4. The minimum atomic E-state index is -0.0755. The Balaban J connectivity index is 1.55. The molecule has 2 heterocycles. The zero-order chi connectivity index (χ0) is 14.6. The van der Waals surface area contributed by atoms with E-state index in [1.54, 1.807) is 0 Å². The summed E-state index contributed by atoms with van der Waals surface area (Å²) in [4.78, 5) is 12.5. The van der Waals surface area contributed by atoms with Gasteiger partial charge in [0.25, 0.3) is 5.91 Å². The van der Waals surface area contributed by atoms with E-state index in [1.165, 1.54) is 37.0 Å². The van der Waals surface area contributed by atoms with Crippen molar-refractivity contribution in [2.24, 2.45) is 0 Å². The Morgan fingerprint density at radius 3 is 2.71 bits per heavy atom. The van der Waals surface area contributed by atoms with Gasteiger partial charge in [-0.05, 0) is 45.6 Å². The van der Waals surface area contributed by atoms with Crippen molar-refractivity contribution in [3.8, 4) is 0 Å². The fraction of sp³-hybridized carbons (Fsp3) is 0.533. The van der Waals surface area contributed by atoms with Crippen molar-refractivity contribution in [3.63, 3.8) is 0 Å². The lowest BCUT2D eigenvalue weighted by atomic mass is 10.2. The Hall–Kier alpha value is -1.69. The summed E-state index contributed by atoms with van der Waals surface area (Å²) in [5, 5.41) is 12.8. The summed E-state index contributed by atoms with van der Waals surface area (Å²) in [5.41, 5.74) is 2.97. The van der Waals surface area contributed by atoms with E-state index in [2.05, 4.69) is 27.0 Å². The molecule has 110 valence electrons. The van der Waals surface area contributed by atoms with E-state index in [0.717, 1.165) is 22.0 Å². The lowest BCUT2D eigenvalue weighted by Gasteiger charge is -2.07. The van der Waals surface area contributed by atoms with Crippen LogP contribution in [0.4, 0.5) is 5.13 Å². The summed E-state index contributed by atoms with van der Waals surface area (Å²) in [5.74, 6) is 0.501. The van der Waals surface area contributed by atoms with E-state index in [-0.39, 0.29) is 5.91 Å². The van der Waals surface area contributed by atoms with Crippen LogP contribution in [0.2, 0.25) is 0 Å². The number of carbonyl (C=O) groups excluding carboxylic acids is 1. The first kappa shape index (κ1) is 13.0. The number of nitrogens with zero attached hydrogens (tertiary/aromatic N) is 3. The number of aromatic nitrogens is 3. The normalized spacial score (nSPS) is 18.0. The third kappa shape index (κ3) is 2.37. The summed E-state index contributed by atoms with van der Waals surface area (Å²) < 4.78 is 2.28. The second kappa shape index (κ2) is 4.66. The molecule has 4 rings (SSSR count). The van der Waals surface area contributed by atoms with E-state index in [1.807, 2.05) is 13.0 Å². The lowest BCUT2D eigenvalue weighted by Crippen LogP contribution is -2.13. The molecular weight excluding hydrogens is 284 g/mol. The highest BCUT2D eigenvalue weighted by Crippen LogP contribution is 2.42. The van der Waals surface area contributed by atoms with Gasteiger partial charge in [-0.3, -0.25) is 10.1 Å². The van der Waals surface area contributed by atoms with Crippen LogP contribution >= 0.6 is 11.3 Å². The van der Waals surface area contributed by atoms with Gasteiger partial charge in [0.2, 0.25) is 5.13 Å². The first-order valence-electron chi connectivity index (χ1n) is 7.46. The van der Waals surface area contributed by atoms with Crippen LogP contribution in [-0.4, -0.2) is 20.7 Å². The van der Waals surface area contributed by atoms with Gasteiger partial charge in [-0.1, -0.05) is 11.3 Å². The Morgan fingerprint density at radius 1 is 1.29 bits per heavy atom. The Kier molecular flexibility index (Phi) is 2.89. The smallest absolute Gasteiger partial charge is 0.259 e. The largest absolute Gasteiger partial charge is 0.345 e. The molecule has 2 aromatic heterocycles. The van der Waals surface area contributed by atoms with Crippen LogP contribution in [0.1, 0.15) is 64.4 Å². The van der Waals surface area contributed by atoms with Gasteiger partial charge in [0.15, 0.2) is 0 Å². The summed E-state index contributed by atoms with van der Waals surface area (Å²) in [7, 11) is 0. The minimum absolute atomic E-state index is 0.0755. The van der Waals surface area contributed by atoms with Crippen LogP contribution in [0.3, 0.4) is 0 Å². The standard InChI is InChI=1S/C15H18N4OS/c1-8-7-12(9(2)19(8)11-5-6-11)13(20)16-15-18-17-14(21-15)10-3-4-10/h7,10-11H,3-6H2,1-2H3,(H,16,18,20). The maximum Gasteiger partial charge on any atom is 0.259 e. The first-order valence-corrected chi connectivity index (χ1v) is 8.28. The molecule has 0 atom stereocenters. The molecule has 0 saturated heterocycles. The summed E-state index contributed by atoms with van der Waals surface area (Å²) in [6, 6.07) is 2.57. The maximum atomic E-state index is 12.5. The Labute approximate surface area is 127 Å². The van der Waals surface area contributed by atoms with E-state index >= 15 is 0 Å². The zero-order valence-corrected chi connectivity index (χ0v) is 13.0. The van der Waals surface area contributed by atoms with Crippen molar-refractivity contribution in [3.05, 3.63) is 28.0 Å². The third-order valence-electron chi connectivity index (χ3n) is 4.23. The first-order chi connectivity index (χ1) is 10.1. The molecule has 0 aliphatic heterocycles. The minimum Gasteiger partial charge on any atom is -0.345 e. The molecule has 2 aromatic rings. The van der Waals surface area contributed by atoms with E-state index in [0.29, 0.717) is 17.1 Å². The summed E-state index contributed by atoms with van der Waals surface area (Å²) >= 11 is 1.50. The van der Waals surface area contributed by atoms with Crippen LogP contribution in [-0.2, 0) is 0 Å². The number of anilines is 1. The van der Waals surface area contributed by atoms with E-state index < -0.39 is 0 Å². The molecule has 5 nitrogen and oxygen atoms in total. The lowest BCUT2D eigenvalue weighted by molar-refractivity contribution is 0.102. The van der Waals surface area contributed by atoms with Crippen molar-refractivity contribution in [1.29, 1.82) is 0 Å². The predicted molar refractivity (Wildman–Crippen MR) is 82.0 cm³/mol. The van der Waals surface area contributed by atoms with Crippen LogP contribution < -0.4 is 5.32 Å². The van der Waals surface area contributed by atoms with Gasteiger partial charge in [-0.25, -0.2) is 0 Å². The van der Waals surface area contributed by atoms with E-state index in [4.69, 9.17) is 0 Å². The van der Waals surface area contributed by atoms with Crippen LogP contribution in [0, 0.1) is 13.8 Å². The molecule has 0 aromatic carbocycles. The fourth-order valence-corrected chi connectivity index (χ4v) is 3.75. The SMILES string of the molecule is Cc1cc(C(=O)Nc2nnc(C3CC3)s2)c(C)n1C1CC1. The number of nitrogens with one attached hydrogen (secondary N) is 1. The van der Waals surface area contributed by atoms with Crippen molar-refractivity contribution < 1.29 is 4.79 Å². The molecule has 0 bridgehead atoms. The van der Waals surface area contributed by atoms with Crippen molar-refractivity contribution in [2.45, 2.75) is 51.5 Å². The van der Waals surface area contributed by atoms with Crippen LogP contribution in [0.25, 0.3) is 0 Å². The number of rotatable bonds is 4. The highest BCUT2D eigenvalue weighted by atomic mass is 32.1. The number of hydrogen-bond donors (Lipinski definition) is 1. The maximum absolute atomic E-state index is 12.5. The van der Waals surface area contributed by atoms with Gasteiger partial charge < -0.3 is 4.57 Å². The molecule has 2 saturated carbocycles. The van der Waals surface area contributed by atoms with Gasteiger partial charge in [0.1, 0.15) is 5.01 Å². The van der Waals surface area contributed by atoms with Crippen molar-refractivity contribution in [2.75, 3.05) is 5.32 Å². The number of carbonyl (C=O) groups is 1. The van der Waals surface area contributed by atoms with Gasteiger partial charge in [0.05, 0.1) is 5.56 Å². The second-order valence-corrected chi connectivity index (χ2v) is 7.07. The Morgan fingerprint density at radius 2 is 2.05 bits per heavy atom. The molecule has 0 spiro atoms. The van der Waals surface area contributed by atoms with E-state index in [9.17, 15) is 4.79 Å². The van der Waals surface area contributed by atoms with Gasteiger partial charge in [-0.15, -0.1) is 10.2 Å². The van der Waals surface area contributed by atoms with Crippen LogP contribution in [0.5, 0.6) is 0 Å². The quantitative estimate of drug-likeness (QED) is 0.941. The highest BCUT2D eigenvalue weighted by Gasteiger charge is 2.29. The average molecular weight is 302 g/mol. The van der Waals surface area contributed by atoms with Gasteiger partial charge in [-0.2, -0.15) is 0 Å². The molecule has 6 heteroatoms. The molecule has 21 heavy (non-hydrogen) atoms. The number of amides is 1. The molecule has 2 aliphatic carbocycles. The average Bonchev–Trinajstić information content (AvgIpc) is 3.37. The van der Waals surface area contributed by atoms with Gasteiger partial charge in [0, 0.05) is 23.3 Å². The molecule has 1 amide bonds. The fourth-order valence-electron chi connectivity index (χ4n) is 2.85. The van der Waals surface area contributed by atoms with Gasteiger partial charge >= 0.3 is 0 Å². The summed E-state index contributed by atoms with van der Waals surface area (Å²) in [6.45, 7) is 4.09. The van der Waals surface area contributed by atoms with Crippen molar-refractivity contribution in [1.82, 2.24) is 14.8 Å². The predicted octanol–water partition coefficient (Wildman–Crippen LogP) is 3.42. The molecule has 0 radical (unpaired) electrons. The zero-order valence-electron chi connectivity index (χ0n) is 12.2. The number of aryl methyl sites for hydroxylation is 1. The topological polar surface area (TPSA) is 59.8 Å². The second-order valence-electron chi connectivity index (χ2n) is 6.06. The molecule has 2 fully saturated rings. The summed E-state index contributed by atoms with van der Waals surface area (Å²) in [6.07, 6.45) is 4.84. The third-order valence-corrected chi connectivity index (χ3v) is 5.23. The highest BCUT2D eigenvalue weighted by molar-refractivity contribution is 7.15. The molecule has 0 unspecified atom stereocenters. The Bertz CT molecular complexity index is 709. The van der Waals surface area contributed by atoms with Crippen molar-refractivity contribution >= 4 is 22.4 Å². The molecule has 2 aliphatic rings. The monoisotopic (exact) mass is 302 g/mol.